The molecule has 0 spiro atoms. The van der Waals surface area contributed by atoms with Crippen LogP contribution in [0.2, 0.25) is 0 Å². The Morgan fingerprint density at radius 3 is 2.78 bits per heavy atom. The molecule has 32 heavy (non-hydrogen) atoms. The Bertz CT molecular complexity index is 1330. The number of aromatic nitrogens is 6. The van der Waals surface area contributed by atoms with E-state index in [2.05, 4.69) is 30.5 Å². The van der Waals surface area contributed by atoms with Crippen LogP contribution in [0.4, 0.5) is 11.5 Å². The summed E-state index contributed by atoms with van der Waals surface area (Å²) >= 11 is 0. The van der Waals surface area contributed by atoms with Crippen molar-refractivity contribution in [2.75, 3.05) is 5.32 Å². The topological polar surface area (TPSA) is 93.5 Å². The molecule has 0 saturated carbocycles. The summed E-state index contributed by atoms with van der Waals surface area (Å²) in [6.45, 7) is 0.400. The number of rotatable bonds is 7. The summed E-state index contributed by atoms with van der Waals surface area (Å²) < 4.78 is 7.83. The number of nitrogens with one attached hydrogen (secondary N) is 2. The van der Waals surface area contributed by atoms with Gasteiger partial charge in [-0.25, -0.2) is 9.97 Å². The fourth-order valence-electron chi connectivity index (χ4n) is 3.37. The van der Waals surface area contributed by atoms with Gasteiger partial charge in [0.15, 0.2) is 0 Å². The number of nitrogens with zero attached hydrogens (tertiary/aromatic N) is 5. The van der Waals surface area contributed by atoms with Crippen molar-refractivity contribution in [2.24, 2.45) is 7.05 Å². The van der Waals surface area contributed by atoms with Gasteiger partial charge in [0.2, 0.25) is 0 Å². The van der Waals surface area contributed by atoms with E-state index in [1.54, 1.807) is 18.6 Å². The van der Waals surface area contributed by atoms with Crippen LogP contribution in [0.5, 0.6) is 5.75 Å². The maximum atomic E-state index is 5.89. The first-order valence-corrected chi connectivity index (χ1v) is 10.1. The van der Waals surface area contributed by atoms with Gasteiger partial charge in [0.1, 0.15) is 29.7 Å². The predicted molar refractivity (Wildman–Crippen MR) is 122 cm³/mol. The second-order valence-electron chi connectivity index (χ2n) is 7.19. The normalized spacial score (nSPS) is 10.8. The smallest absolute Gasteiger partial charge is 0.146 e. The molecule has 0 aliphatic carbocycles. The van der Waals surface area contributed by atoms with Crippen LogP contribution in [0.3, 0.4) is 0 Å². The number of benzene rings is 1. The van der Waals surface area contributed by atoms with Gasteiger partial charge in [0.05, 0.1) is 5.69 Å². The molecule has 0 aliphatic rings. The second-order valence-corrected chi connectivity index (χ2v) is 7.19. The van der Waals surface area contributed by atoms with Gasteiger partial charge < -0.3 is 14.6 Å². The Morgan fingerprint density at radius 2 is 1.94 bits per heavy atom. The predicted octanol–water partition coefficient (Wildman–Crippen LogP) is 4.59. The molecule has 4 aromatic heterocycles. The average molecular weight is 423 g/mol. The highest BCUT2D eigenvalue weighted by Gasteiger charge is 2.12. The zero-order valence-corrected chi connectivity index (χ0v) is 17.4. The molecule has 0 radical (unpaired) electrons. The van der Waals surface area contributed by atoms with Gasteiger partial charge in [0, 0.05) is 55.3 Å². The number of pyridine rings is 2. The van der Waals surface area contributed by atoms with Gasteiger partial charge in [0.25, 0.3) is 0 Å². The van der Waals surface area contributed by atoms with E-state index in [-0.39, 0.29) is 0 Å². The lowest BCUT2D eigenvalue weighted by Crippen LogP contribution is -2.03. The molecule has 8 nitrogen and oxygen atoms in total. The number of imidazole rings is 1. The van der Waals surface area contributed by atoms with Crippen molar-refractivity contribution in [3.8, 4) is 28.3 Å². The Morgan fingerprint density at radius 1 is 0.969 bits per heavy atom. The van der Waals surface area contributed by atoms with E-state index >= 15 is 0 Å². The molecule has 0 unspecified atom stereocenters. The van der Waals surface area contributed by atoms with E-state index in [0.29, 0.717) is 6.61 Å². The highest BCUT2D eigenvalue weighted by molar-refractivity contribution is 5.80. The Kier molecular flexibility index (Phi) is 5.32. The maximum absolute atomic E-state index is 5.89. The minimum atomic E-state index is 0.400. The molecule has 0 atom stereocenters. The summed E-state index contributed by atoms with van der Waals surface area (Å²) in [6, 6.07) is 17.5. The van der Waals surface area contributed by atoms with Crippen LogP contribution in [-0.4, -0.2) is 29.7 Å². The zero-order chi connectivity index (χ0) is 21.8. The number of H-pyrrole nitrogens is 1. The summed E-state index contributed by atoms with van der Waals surface area (Å²) in [5.41, 5.74) is 4.43. The van der Waals surface area contributed by atoms with E-state index in [4.69, 9.17) is 4.74 Å². The summed E-state index contributed by atoms with van der Waals surface area (Å²) in [7, 11) is 1.95. The minimum Gasteiger partial charge on any atom is -0.486 e. The van der Waals surface area contributed by atoms with E-state index in [1.165, 1.54) is 0 Å². The van der Waals surface area contributed by atoms with Crippen molar-refractivity contribution in [3.05, 3.63) is 91.4 Å². The first-order chi connectivity index (χ1) is 15.8. The SMILES string of the molecule is Cn1ccnc1COc1cccc(Nc2cc(-c3c[nH]nc3-c3ccccn3)ccn2)c1. The standard InChI is InChI=1S/C24H21N7O/c1-31-12-11-27-23(31)16-32-19-6-4-5-18(14-19)29-22-13-17(8-10-26-22)20-15-28-30-24(20)21-7-2-3-9-25-21/h2-15H,16H2,1H3,(H,26,29)(H,28,30). The van der Waals surface area contributed by atoms with Crippen molar-refractivity contribution in [3.63, 3.8) is 0 Å². The van der Waals surface area contributed by atoms with Crippen molar-refractivity contribution in [1.82, 2.24) is 29.7 Å². The molecular formula is C24H21N7O. The largest absolute Gasteiger partial charge is 0.486 e. The lowest BCUT2D eigenvalue weighted by molar-refractivity contribution is 0.292. The maximum Gasteiger partial charge on any atom is 0.146 e. The third kappa shape index (κ3) is 4.20. The van der Waals surface area contributed by atoms with E-state index in [9.17, 15) is 0 Å². The number of aryl methyl sites for hydroxylation is 1. The van der Waals surface area contributed by atoms with Crippen LogP contribution in [-0.2, 0) is 13.7 Å². The number of anilines is 2. The van der Waals surface area contributed by atoms with Crippen LogP contribution >= 0.6 is 0 Å². The molecule has 0 bridgehead atoms. The van der Waals surface area contributed by atoms with Crippen LogP contribution in [0.1, 0.15) is 5.82 Å². The minimum absolute atomic E-state index is 0.400. The van der Waals surface area contributed by atoms with Crippen LogP contribution in [0.15, 0.2) is 85.6 Å². The Hall–Kier alpha value is -4.46. The van der Waals surface area contributed by atoms with E-state index in [1.807, 2.05) is 78.6 Å². The highest BCUT2D eigenvalue weighted by Crippen LogP contribution is 2.30. The first kappa shape index (κ1) is 19.5. The fraction of sp³-hybridized carbons (Fsp3) is 0.0833. The van der Waals surface area contributed by atoms with Gasteiger partial charge >= 0.3 is 0 Å². The summed E-state index contributed by atoms with van der Waals surface area (Å²) in [4.78, 5) is 13.2. The van der Waals surface area contributed by atoms with Crippen LogP contribution < -0.4 is 10.1 Å². The molecular weight excluding hydrogens is 402 g/mol. The number of aromatic amines is 1. The number of hydrogen-bond acceptors (Lipinski definition) is 6. The van der Waals surface area contributed by atoms with Gasteiger partial charge in [-0.1, -0.05) is 12.1 Å². The van der Waals surface area contributed by atoms with Crippen LogP contribution in [0, 0.1) is 0 Å². The van der Waals surface area contributed by atoms with Gasteiger partial charge in [-0.2, -0.15) is 5.10 Å². The molecule has 0 saturated heterocycles. The van der Waals surface area contributed by atoms with Crippen molar-refractivity contribution >= 4 is 11.5 Å². The third-order valence-corrected chi connectivity index (χ3v) is 5.01. The second kappa shape index (κ2) is 8.73. The monoisotopic (exact) mass is 423 g/mol. The molecule has 5 aromatic rings. The molecule has 5 rings (SSSR count). The van der Waals surface area contributed by atoms with E-state index < -0.39 is 0 Å². The zero-order valence-electron chi connectivity index (χ0n) is 17.4. The van der Waals surface area contributed by atoms with E-state index in [0.717, 1.165) is 45.6 Å². The third-order valence-electron chi connectivity index (χ3n) is 5.01. The van der Waals surface area contributed by atoms with Crippen molar-refractivity contribution < 1.29 is 4.74 Å². The van der Waals surface area contributed by atoms with Gasteiger partial charge in [-0.15, -0.1) is 0 Å². The molecule has 0 amide bonds. The molecule has 1 aromatic carbocycles. The fourth-order valence-corrected chi connectivity index (χ4v) is 3.37. The average Bonchev–Trinajstić information content (AvgIpc) is 3.48. The molecule has 8 heteroatoms. The summed E-state index contributed by atoms with van der Waals surface area (Å²) in [6.07, 6.45) is 9.06. The Labute approximate surface area is 185 Å². The van der Waals surface area contributed by atoms with Gasteiger partial charge in [-0.3, -0.25) is 10.1 Å². The van der Waals surface area contributed by atoms with Crippen molar-refractivity contribution in [1.29, 1.82) is 0 Å². The molecule has 2 N–H and O–H groups in total. The first-order valence-electron chi connectivity index (χ1n) is 10.1. The summed E-state index contributed by atoms with van der Waals surface area (Å²) in [5.74, 6) is 2.33. The van der Waals surface area contributed by atoms with Gasteiger partial charge in [-0.05, 0) is 42.0 Å². The van der Waals surface area contributed by atoms with Crippen molar-refractivity contribution in [2.45, 2.75) is 6.61 Å². The summed E-state index contributed by atoms with van der Waals surface area (Å²) in [5, 5.41) is 10.7. The lowest BCUT2D eigenvalue weighted by atomic mass is 10.1. The van der Waals surface area contributed by atoms with Crippen LogP contribution in [0.25, 0.3) is 22.5 Å². The quantitative estimate of drug-likeness (QED) is 0.398. The number of hydrogen-bond donors (Lipinski definition) is 2. The Balaban J connectivity index is 1.34. The molecule has 158 valence electrons. The highest BCUT2D eigenvalue weighted by atomic mass is 16.5. The molecule has 0 aliphatic heterocycles. The lowest BCUT2D eigenvalue weighted by Gasteiger charge is -2.10. The molecule has 0 fully saturated rings. The molecule has 4 heterocycles. The number of ether oxygens (including phenoxy) is 1.